The van der Waals surface area contributed by atoms with E-state index in [2.05, 4.69) is 5.32 Å². The molecule has 0 heterocycles. The van der Waals surface area contributed by atoms with E-state index < -0.39 is 44.4 Å². The van der Waals surface area contributed by atoms with Crippen molar-refractivity contribution in [2.45, 2.75) is 84.3 Å². The van der Waals surface area contributed by atoms with Crippen molar-refractivity contribution in [2.24, 2.45) is 0 Å². The largest absolute Gasteiger partial charge is 0.460 e. The predicted octanol–water partition coefficient (Wildman–Crippen LogP) is 2.95. The van der Waals surface area contributed by atoms with Crippen molar-refractivity contribution in [1.29, 1.82) is 0 Å². The molecule has 0 aromatic heterocycles. The van der Waals surface area contributed by atoms with Gasteiger partial charge in [0.25, 0.3) is 0 Å². The zero-order chi connectivity index (χ0) is 20.1. The number of esters is 1. The number of carbonyl (C=O) groups excluding carboxylic acids is 2. The summed E-state index contributed by atoms with van der Waals surface area (Å²) in [5.74, 6) is -0.555. The maximum absolute atomic E-state index is 12.0. The van der Waals surface area contributed by atoms with Gasteiger partial charge in [-0.15, -0.1) is 0 Å². The molecule has 0 radical (unpaired) electrons. The molecule has 0 fully saturated rings. The highest BCUT2D eigenvalue weighted by Crippen LogP contribution is 2.12. The van der Waals surface area contributed by atoms with Crippen molar-refractivity contribution in [2.75, 3.05) is 0 Å². The third-order valence-corrected chi connectivity index (χ3v) is 4.52. The van der Waals surface area contributed by atoms with Crippen LogP contribution in [-0.2, 0) is 24.1 Å². The molecular weight excluding hydrogens is 346 g/mol. The van der Waals surface area contributed by atoms with Crippen LogP contribution in [0.25, 0.3) is 0 Å². The number of carbonyl (C=O) groups is 2. The Kier molecular flexibility index (Phi) is 8.14. The lowest BCUT2D eigenvalue weighted by atomic mass is 10.1. The van der Waals surface area contributed by atoms with Crippen LogP contribution >= 0.6 is 0 Å². The van der Waals surface area contributed by atoms with Gasteiger partial charge in [0.15, 0.2) is 9.84 Å². The minimum Gasteiger partial charge on any atom is -0.460 e. The number of hydrogen-bond acceptors (Lipinski definition) is 6. The van der Waals surface area contributed by atoms with Crippen molar-refractivity contribution in [1.82, 2.24) is 5.32 Å². The highest BCUT2D eigenvalue weighted by atomic mass is 32.2. The molecule has 0 spiro atoms. The molecule has 0 aliphatic heterocycles. The molecule has 1 amide bonds. The zero-order valence-corrected chi connectivity index (χ0v) is 17.2. The average molecular weight is 378 g/mol. The normalized spacial score (nSPS) is 14.4. The summed E-state index contributed by atoms with van der Waals surface area (Å²) in [4.78, 5) is 23.9. The molecule has 1 atom stereocenters. The Hall–Kier alpha value is -1.57. The lowest BCUT2D eigenvalue weighted by Gasteiger charge is -2.24. The van der Waals surface area contributed by atoms with E-state index in [4.69, 9.17) is 9.47 Å². The summed E-state index contributed by atoms with van der Waals surface area (Å²) in [6.45, 7) is 13.4. The molecule has 0 aromatic carbocycles. The van der Waals surface area contributed by atoms with Crippen molar-refractivity contribution in [3.05, 3.63) is 11.5 Å². The Morgan fingerprint density at radius 1 is 1.00 bits per heavy atom. The Balaban J connectivity index is 5.21. The first-order valence-electron chi connectivity index (χ1n) is 8.15. The average Bonchev–Trinajstić information content (AvgIpc) is 2.30. The van der Waals surface area contributed by atoms with Crippen LogP contribution in [0.5, 0.6) is 0 Å². The van der Waals surface area contributed by atoms with E-state index in [9.17, 15) is 18.0 Å². The quantitative estimate of drug-likeness (QED) is 0.715. The Morgan fingerprint density at radius 2 is 1.48 bits per heavy atom. The second-order valence-electron chi connectivity index (χ2n) is 8.01. The van der Waals surface area contributed by atoms with Crippen molar-refractivity contribution < 1.29 is 27.5 Å². The molecule has 1 N–H and O–H groups in total. The molecule has 0 aliphatic rings. The molecule has 0 rings (SSSR count). The van der Waals surface area contributed by atoms with Gasteiger partial charge in [-0.3, -0.25) is 4.79 Å². The number of amides is 1. The van der Waals surface area contributed by atoms with Crippen molar-refractivity contribution >= 4 is 21.9 Å². The fraction of sp³-hybridized carbons (Fsp3) is 0.765. The molecule has 0 aliphatic carbocycles. The second kappa shape index (κ2) is 8.69. The molecule has 0 unspecified atom stereocenters. The van der Waals surface area contributed by atoms with Crippen molar-refractivity contribution in [3.63, 3.8) is 0 Å². The fourth-order valence-corrected chi connectivity index (χ4v) is 2.27. The fourth-order valence-electron chi connectivity index (χ4n) is 1.55. The summed E-state index contributed by atoms with van der Waals surface area (Å²) < 4.78 is 34.2. The summed E-state index contributed by atoms with van der Waals surface area (Å²) in [6, 6.07) is -0.863. The summed E-state index contributed by atoms with van der Waals surface area (Å²) in [7, 11) is -3.46. The number of ether oxygens (including phenoxy) is 2. The predicted molar refractivity (Wildman–Crippen MR) is 96.8 cm³/mol. The third kappa shape index (κ3) is 11.6. The Labute approximate surface area is 151 Å². The first-order chi connectivity index (χ1) is 11.0. The molecule has 0 aromatic rings. The van der Waals surface area contributed by atoms with Gasteiger partial charge in [-0.2, -0.15) is 0 Å². The van der Waals surface area contributed by atoms with E-state index in [0.717, 1.165) is 5.41 Å². The number of rotatable bonds is 6. The van der Waals surface area contributed by atoms with E-state index in [1.54, 1.807) is 55.4 Å². The van der Waals surface area contributed by atoms with Gasteiger partial charge in [0.1, 0.15) is 11.2 Å². The van der Waals surface area contributed by atoms with Crippen molar-refractivity contribution in [3.8, 4) is 0 Å². The first-order valence-corrected chi connectivity index (χ1v) is 9.76. The van der Waals surface area contributed by atoms with Gasteiger partial charge in [0, 0.05) is 5.41 Å². The van der Waals surface area contributed by atoms with Gasteiger partial charge in [-0.05, 0) is 55.4 Å². The number of sulfone groups is 1. The highest BCUT2D eigenvalue weighted by Gasteiger charge is 2.24. The summed E-state index contributed by atoms with van der Waals surface area (Å²) in [6.07, 6.45) is 0.316. The number of hydrogen-bond donors (Lipinski definition) is 1. The van der Waals surface area contributed by atoms with E-state index in [0.29, 0.717) is 0 Å². The van der Waals surface area contributed by atoms with Crippen LogP contribution in [0.15, 0.2) is 11.5 Å². The molecule has 7 nitrogen and oxygen atoms in total. The third-order valence-electron chi connectivity index (χ3n) is 2.67. The van der Waals surface area contributed by atoms with Crippen LogP contribution in [0.3, 0.4) is 0 Å². The Morgan fingerprint density at radius 3 is 1.88 bits per heavy atom. The van der Waals surface area contributed by atoms with E-state index in [1.807, 2.05) is 0 Å². The van der Waals surface area contributed by atoms with Gasteiger partial charge in [-0.1, -0.05) is 6.08 Å². The summed E-state index contributed by atoms with van der Waals surface area (Å²) in [5.41, 5.74) is -1.39. The maximum Gasteiger partial charge on any atom is 0.408 e. The molecule has 8 heteroatoms. The SMILES string of the molecule is CC(C)S(=O)(=O)C=C[C@H](CC(=O)OC(C)(C)C)NC(=O)OC(C)(C)C. The minimum absolute atomic E-state index is 0.208. The first kappa shape index (κ1) is 23.4. The van der Waals surface area contributed by atoms with Gasteiger partial charge >= 0.3 is 12.1 Å². The van der Waals surface area contributed by atoms with E-state index >= 15 is 0 Å². The number of nitrogens with one attached hydrogen (secondary N) is 1. The van der Waals surface area contributed by atoms with Crippen LogP contribution in [0.2, 0.25) is 0 Å². The molecule has 0 bridgehead atoms. The van der Waals surface area contributed by atoms with Crippen LogP contribution in [0.4, 0.5) is 4.79 Å². The number of alkyl carbamates (subject to hydrolysis) is 1. The monoisotopic (exact) mass is 377 g/mol. The topological polar surface area (TPSA) is 98.8 Å². The molecule has 146 valence electrons. The lowest BCUT2D eigenvalue weighted by Crippen LogP contribution is -2.40. The van der Waals surface area contributed by atoms with E-state index in [-0.39, 0.29) is 6.42 Å². The highest BCUT2D eigenvalue weighted by molar-refractivity contribution is 7.94. The maximum atomic E-state index is 12.0. The van der Waals surface area contributed by atoms with E-state index in [1.165, 1.54) is 6.08 Å². The zero-order valence-electron chi connectivity index (χ0n) is 16.4. The van der Waals surface area contributed by atoms with Crippen LogP contribution in [-0.4, -0.2) is 43.0 Å². The van der Waals surface area contributed by atoms with Gasteiger partial charge in [0.2, 0.25) is 0 Å². The van der Waals surface area contributed by atoms with Gasteiger partial charge in [-0.25, -0.2) is 13.2 Å². The standard InChI is InChI=1S/C17H31NO6S/c1-12(2)25(21,22)10-9-13(11-14(19)23-16(3,4)5)18-15(20)24-17(6,7)8/h9-10,12-13H,11H2,1-8H3,(H,18,20)/t13-/m1/s1. The second-order valence-corrected chi connectivity index (χ2v) is 10.4. The summed E-state index contributed by atoms with van der Waals surface area (Å²) >= 11 is 0. The van der Waals surface area contributed by atoms with Crippen LogP contribution < -0.4 is 5.32 Å². The van der Waals surface area contributed by atoms with Crippen LogP contribution in [0, 0.1) is 0 Å². The minimum atomic E-state index is -3.46. The molecule has 0 saturated heterocycles. The molecule has 25 heavy (non-hydrogen) atoms. The Bertz CT molecular complexity index is 564. The van der Waals surface area contributed by atoms with Gasteiger partial charge < -0.3 is 14.8 Å². The molecule has 0 saturated carbocycles. The van der Waals surface area contributed by atoms with Gasteiger partial charge in [0.05, 0.1) is 17.7 Å². The van der Waals surface area contributed by atoms with Crippen LogP contribution in [0.1, 0.15) is 61.8 Å². The summed E-state index contributed by atoms with van der Waals surface area (Å²) in [5, 5.41) is 2.89. The molecular formula is C17H31NO6S. The lowest BCUT2D eigenvalue weighted by molar-refractivity contribution is -0.155. The smallest absolute Gasteiger partial charge is 0.408 e.